The van der Waals surface area contributed by atoms with Crippen molar-refractivity contribution < 1.29 is 14.7 Å². The number of carboxylic acids is 1. The summed E-state index contributed by atoms with van der Waals surface area (Å²) in [5.74, 6) is -1.50. The van der Waals surface area contributed by atoms with Gasteiger partial charge in [-0.2, -0.15) is 0 Å². The molecular weight excluding hydrogens is 218 g/mol. The molecule has 0 spiro atoms. The largest absolute Gasteiger partial charge is 0.478 e. The Kier molecular flexibility index (Phi) is 2.55. The Labute approximate surface area is 97.7 Å². The SMILES string of the molecule is Cc1cc2ccc(C(N)=O)cc2cc1C(=O)O. The Morgan fingerprint density at radius 1 is 1.12 bits per heavy atom. The monoisotopic (exact) mass is 229 g/mol. The first kappa shape index (κ1) is 11.1. The van der Waals surface area contributed by atoms with Gasteiger partial charge in [-0.1, -0.05) is 12.1 Å². The van der Waals surface area contributed by atoms with Crippen LogP contribution in [0.15, 0.2) is 30.3 Å². The molecule has 0 saturated heterocycles. The van der Waals surface area contributed by atoms with Crippen LogP contribution in [0.1, 0.15) is 26.3 Å². The van der Waals surface area contributed by atoms with Gasteiger partial charge in [0, 0.05) is 5.56 Å². The van der Waals surface area contributed by atoms with Crippen LogP contribution in [0.5, 0.6) is 0 Å². The van der Waals surface area contributed by atoms with Crippen molar-refractivity contribution in [2.75, 3.05) is 0 Å². The van der Waals surface area contributed by atoms with E-state index >= 15 is 0 Å². The third kappa shape index (κ3) is 1.97. The zero-order valence-electron chi connectivity index (χ0n) is 9.23. The predicted molar refractivity (Wildman–Crippen MR) is 64.2 cm³/mol. The second-order valence-corrected chi connectivity index (χ2v) is 3.90. The van der Waals surface area contributed by atoms with E-state index in [2.05, 4.69) is 0 Å². The maximum absolute atomic E-state index is 11.0. The first-order valence-corrected chi connectivity index (χ1v) is 5.06. The van der Waals surface area contributed by atoms with Crippen LogP contribution in [0.25, 0.3) is 10.8 Å². The molecule has 0 bridgehead atoms. The van der Waals surface area contributed by atoms with Crippen LogP contribution >= 0.6 is 0 Å². The molecule has 2 aromatic carbocycles. The van der Waals surface area contributed by atoms with Gasteiger partial charge in [0.15, 0.2) is 0 Å². The summed E-state index contributed by atoms with van der Waals surface area (Å²) in [5.41, 5.74) is 6.48. The van der Waals surface area contributed by atoms with E-state index in [1.165, 1.54) is 0 Å². The van der Waals surface area contributed by atoms with E-state index < -0.39 is 11.9 Å². The lowest BCUT2D eigenvalue weighted by molar-refractivity contribution is 0.0696. The zero-order valence-corrected chi connectivity index (χ0v) is 9.23. The van der Waals surface area contributed by atoms with Crippen LogP contribution in [-0.2, 0) is 0 Å². The molecule has 0 fully saturated rings. The van der Waals surface area contributed by atoms with Crippen LogP contribution in [0, 0.1) is 6.92 Å². The summed E-state index contributed by atoms with van der Waals surface area (Å²) in [4.78, 5) is 22.0. The molecule has 17 heavy (non-hydrogen) atoms. The second kappa shape index (κ2) is 3.90. The molecule has 0 radical (unpaired) electrons. The average molecular weight is 229 g/mol. The molecule has 0 heterocycles. The molecule has 0 aromatic heterocycles. The first-order valence-electron chi connectivity index (χ1n) is 5.06. The van der Waals surface area contributed by atoms with E-state index in [0.29, 0.717) is 16.5 Å². The van der Waals surface area contributed by atoms with Crippen LogP contribution in [-0.4, -0.2) is 17.0 Å². The van der Waals surface area contributed by atoms with Crippen molar-refractivity contribution >= 4 is 22.6 Å². The first-order chi connectivity index (χ1) is 7.99. The molecule has 3 N–H and O–H groups in total. The van der Waals surface area contributed by atoms with Crippen molar-refractivity contribution in [1.82, 2.24) is 0 Å². The summed E-state index contributed by atoms with van der Waals surface area (Å²) in [6.45, 7) is 1.74. The average Bonchev–Trinajstić information content (AvgIpc) is 2.27. The fraction of sp³-hybridized carbons (Fsp3) is 0.0769. The third-order valence-corrected chi connectivity index (χ3v) is 2.70. The lowest BCUT2D eigenvalue weighted by atomic mass is 10.00. The Balaban J connectivity index is 2.72. The highest BCUT2D eigenvalue weighted by Crippen LogP contribution is 2.21. The van der Waals surface area contributed by atoms with Gasteiger partial charge >= 0.3 is 5.97 Å². The lowest BCUT2D eigenvalue weighted by Gasteiger charge is -2.05. The van der Waals surface area contributed by atoms with Crippen molar-refractivity contribution in [1.29, 1.82) is 0 Å². The predicted octanol–water partition coefficient (Wildman–Crippen LogP) is 1.95. The number of primary amides is 1. The fourth-order valence-electron chi connectivity index (χ4n) is 1.80. The van der Waals surface area contributed by atoms with E-state index in [1.54, 1.807) is 37.3 Å². The number of fused-ring (bicyclic) bond motifs is 1. The van der Waals surface area contributed by atoms with Crippen LogP contribution in [0.4, 0.5) is 0 Å². The van der Waals surface area contributed by atoms with E-state index in [1.807, 2.05) is 0 Å². The topological polar surface area (TPSA) is 80.4 Å². The highest BCUT2D eigenvalue weighted by molar-refractivity contribution is 6.00. The number of nitrogens with two attached hydrogens (primary N) is 1. The van der Waals surface area contributed by atoms with Crippen LogP contribution in [0.2, 0.25) is 0 Å². The van der Waals surface area contributed by atoms with Gasteiger partial charge in [-0.25, -0.2) is 4.79 Å². The van der Waals surface area contributed by atoms with Gasteiger partial charge < -0.3 is 10.8 Å². The van der Waals surface area contributed by atoms with Crippen molar-refractivity contribution in [3.63, 3.8) is 0 Å². The number of hydrogen-bond acceptors (Lipinski definition) is 2. The lowest BCUT2D eigenvalue weighted by Crippen LogP contribution is -2.10. The molecule has 0 saturated carbocycles. The van der Waals surface area contributed by atoms with Gasteiger partial charge in [0.1, 0.15) is 0 Å². The van der Waals surface area contributed by atoms with Gasteiger partial charge in [0.05, 0.1) is 5.56 Å². The quantitative estimate of drug-likeness (QED) is 0.825. The summed E-state index contributed by atoms with van der Waals surface area (Å²) < 4.78 is 0. The molecule has 0 atom stereocenters. The van der Waals surface area contributed by atoms with Gasteiger partial charge in [-0.15, -0.1) is 0 Å². The summed E-state index contributed by atoms with van der Waals surface area (Å²) in [7, 11) is 0. The van der Waals surface area contributed by atoms with Crippen molar-refractivity contribution in [3.05, 3.63) is 47.0 Å². The number of aromatic carboxylic acids is 1. The van der Waals surface area contributed by atoms with Gasteiger partial charge in [-0.05, 0) is 41.5 Å². The molecule has 4 nitrogen and oxygen atoms in total. The maximum Gasteiger partial charge on any atom is 0.335 e. The minimum Gasteiger partial charge on any atom is -0.478 e. The second-order valence-electron chi connectivity index (χ2n) is 3.90. The van der Waals surface area contributed by atoms with Crippen LogP contribution < -0.4 is 5.73 Å². The van der Waals surface area contributed by atoms with Gasteiger partial charge in [-0.3, -0.25) is 4.79 Å². The van der Waals surface area contributed by atoms with Crippen LogP contribution in [0.3, 0.4) is 0 Å². The van der Waals surface area contributed by atoms with Gasteiger partial charge in [0.25, 0.3) is 0 Å². The normalized spacial score (nSPS) is 10.4. The Morgan fingerprint density at radius 3 is 2.41 bits per heavy atom. The Hall–Kier alpha value is -2.36. The van der Waals surface area contributed by atoms with E-state index in [0.717, 1.165) is 5.39 Å². The molecule has 0 aliphatic heterocycles. The van der Waals surface area contributed by atoms with E-state index in [9.17, 15) is 9.59 Å². The summed E-state index contributed by atoms with van der Waals surface area (Å²) in [6.07, 6.45) is 0. The fourth-order valence-corrected chi connectivity index (χ4v) is 1.80. The summed E-state index contributed by atoms with van der Waals surface area (Å²) in [6, 6.07) is 8.32. The third-order valence-electron chi connectivity index (χ3n) is 2.70. The maximum atomic E-state index is 11.0. The van der Waals surface area contributed by atoms with E-state index in [4.69, 9.17) is 10.8 Å². The molecule has 1 amide bonds. The molecule has 0 aliphatic carbocycles. The van der Waals surface area contributed by atoms with Crippen molar-refractivity contribution in [2.45, 2.75) is 6.92 Å². The number of amides is 1. The number of carboxylic acid groups (broad SMARTS) is 1. The van der Waals surface area contributed by atoms with E-state index in [-0.39, 0.29) is 5.56 Å². The molecular formula is C13H11NO3. The number of benzene rings is 2. The smallest absolute Gasteiger partial charge is 0.335 e. The molecule has 0 aliphatic rings. The number of aryl methyl sites for hydroxylation is 1. The molecule has 0 unspecified atom stereocenters. The number of carbonyl (C=O) groups is 2. The molecule has 4 heteroatoms. The molecule has 2 rings (SSSR count). The van der Waals surface area contributed by atoms with Crippen molar-refractivity contribution in [2.24, 2.45) is 5.73 Å². The number of rotatable bonds is 2. The molecule has 86 valence electrons. The zero-order chi connectivity index (χ0) is 12.6. The minimum absolute atomic E-state index is 0.235. The highest BCUT2D eigenvalue weighted by atomic mass is 16.4. The summed E-state index contributed by atoms with van der Waals surface area (Å²) >= 11 is 0. The number of carbonyl (C=O) groups excluding carboxylic acids is 1. The highest BCUT2D eigenvalue weighted by Gasteiger charge is 2.09. The molecule has 2 aromatic rings. The summed E-state index contributed by atoms with van der Waals surface area (Å²) in [5, 5.41) is 10.6. The minimum atomic E-state index is -0.978. The van der Waals surface area contributed by atoms with Crippen molar-refractivity contribution in [3.8, 4) is 0 Å². The number of hydrogen-bond donors (Lipinski definition) is 2. The Morgan fingerprint density at radius 2 is 1.82 bits per heavy atom. The standard InChI is InChI=1S/C13H11NO3/c1-7-4-8-2-3-9(12(14)15)5-10(8)6-11(7)13(16)17/h2-6H,1H3,(H2,14,15)(H,16,17). The van der Waals surface area contributed by atoms with Gasteiger partial charge in [0.2, 0.25) is 5.91 Å². The Bertz CT molecular complexity index is 632.